The Labute approximate surface area is 129 Å². The molecule has 0 fully saturated rings. The average molecular weight is 308 g/mol. The molecule has 3 N–H and O–H groups in total. The second-order valence-corrected chi connectivity index (χ2v) is 5.45. The van der Waals surface area contributed by atoms with Crippen LogP contribution in [0.1, 0.15) is 36.1 Å². The van der Waals surface area contributed by atoms with Crippen LogP contribution in [-0.2, 0) is 0 Å². The number of anilines is 1. The van der Waals surface area contributed by atoms with Gasteiger partial charge in [-0.1, -0.05) is 24.6 Å². The van der Waals surface area contributed by atoms with E-state index in [1.165, 1.54) is 12.1 Å². The third-order valence-corrected chi connectivity index (χ3v) is 3.60. The van der Waals surface area contributed by atoms with E-state index >= 15 is 0 Å². The number of hydrogen-bond acceptors (Lipinski definition) is 3. The molecule has 5 heteroatoms. The molecule has 2 aromatic rings. The van der Waals surface area contributed by atoms with Crippen molar-refractivity contribution in [1.82, 2.24) is 10.3 Å². The van der Waals surface area contributed by atoms with Crippen molar-refractivity contribution in [2.75, 3.05) is 12.3 Å². The Bertz CT molecular complexity index is 631. The Morgan fingerprint density at radius 2 is 2.10 bits per heavy atom. The molecule has 0 saturated carbocycles. The highest BCUT2D eigenvalue weighted by Gasteiger charge is 2.20. The molecule has 21 heavy (non-hydrogen) atoms. The molecule has 112 valence electrons. The summed E-state index contributed by atoms with van der Waals surface area (Å²) in [6.07, 6.45) is 2.69. The number of nitrogens with two attached hydrogens (primary N) is 1. The summed E-state index contributed by atoms with van der Waals surface area (Å²) in [5.74, 6) is 0.0999. The number of aryl methyl sites for hydroxylation is 1. The topological polar surface area (TPSA) is 50.9 Å². The van der Waals surface area contributed by atoms with Crippen molar-refractivity contribution in [3.63, 3.8) is 0 Å². The van der Waals surface area contributed by atoms with Gasteiger partial charge < -0.3 is 11.1 Å². The van der Waals surface area contributed by atoms with Crippen molar-refractivity contribution in [3.8, 4) is 0 Å². The number of pyridine rings is 1. The number of nitrogens with one attached hydrogen (secondary N) is 1. The summed E-state index contributed by atoms with van der Waals surface area (Å²) < 4.78 is 13.3. The number of nitrogens with zero attached hydrogens (tertiary/aromatic N) is 1. The van der Waals surface area contributed by atoms with Crippen LogP contribution in [0.2, 0.25) is 5.02 Å². The second kappa shape index (κ2) is 6.87. The largest absolute Gasteiger partial charge is 0.383 e. The summed E-state index contributed by atoms with van der Waals surface area (Å²) in [5, 5.41) is 3.78. The second-order valence-electron chi connectivity index (χ2n) is 5.04. The van der Waals surface area contributed by atoms with Crippen LogP contribution in [0.4, 0.5) is 10.2 Å². The van der Waals surface area contributed by atoms with Gasteiger partial charge in [-0.15, -0.1) is 0 Å². The maximum Gasteiger partial charge on any atom is 0.128 e. The van der Waals surface area contributed by atoms with Crippen LogP contribution in [0.15, 0.2) is 30.5 Å². The molecule has 0 spiro atoms. The van der Waals surface area contributed by atoms with E-state index in [0.717, 1.165) is 29.7 Å². The van der Waals surface area contributed by atoms with Crippen molar-refractivity contribution in [2.24, 2.45) is 0 Å². The van der Waals surface area contributed by atoms with E-state index in [1.807, 2.05) is 13.0 Å². The molecule has 1 aromatic heterocycles. The maximum atomic E-state index is 13.3. The van der Waals surface area contributed by atoms with E-state index < -0.39 is 0 Å². The van der Waals surface area contributed by atoms with Gasteiger partial charge in [-0.3, -0.25) is 0 Å². The van der Waals surface area contributed by atoms with E-state index in [4.69, 9.17) is 17.3 Å². The van der Waals surface area contributed by atoms with E-state index in [-0.39, 0.29) is 11.9 Å². The normalized spacial score (nSPS) is 12.4. The Morgan fingerprint density at radius 1 is 1.33 bits per heavy atom. The van der Waals surface area contributed by atoms with Crippen molar-refractivity contribution < 1.29 is 4.39 Å². The molecule has 0 aliphatic rings. The number of nitrogen functional groups attached to an aromatic ring is 1. The van der Waals surface area contributed by atoms with Crippen molar-refractivity contribution in [1.29, 1.82) is 0 Å². The van der Waals surface area contributed by atoms with Crippen LogP contribution in [0, 0.1) is 12.7 Å². The van der Waals surface area contributed by atoms with Crippen molar-refractivity contribution in [3.05, 3.63) is 58.0 Å². The molecular weight excluding hydrogens is 289 g/mol. The summed E-state index contributed by atoms with van der Waals surface area (Å²) in [5.41, 5.74) is 8.68. The predicted molar refractivity (Wildman–Crippen MR) is 84.9 cm³/mol. The first-order valence-electron chi connectivity index (χ1n) is 6.93. The molecule has 1 atom stereocenters. The highest BCUT2D eigenvalue weighted by molar-refractivity contribution is 6.31. The zero-order valence-corrected chi connectivity index (χ0v) is 12.9. The fourth-order valence-electron chi connectivity index (χ4n) is 2.25. The molecule has 0 aliphatic carbocycles. The summed E-state index contributed by atoms with van der Waals surface area (Å²) in [4.78, 5) is 4.20. The molecule has 1 heterocycles. The zero-order valence-electron chi connectivity index (χ0n) is 12.2. The lowest BCUT2D eigenvalue weighted by Gasteiger charge is -2.22. The van der Waals surface area contributed by atoms with Gasteiger partial charge in [0.15, 0.2) is 0 Å². The number of rotatable bonds is 5. The van der Waals surface area contributed by atoms with Gasteiger partial charge in [0.2, 0.25) is 0 Å². The van der Waals surface area contributed by atoms with Gasteiger partial charge in [0.1, 0.15) is 11.6 Å². The van der Waals surface area contributed by atoms with Crippen LogP contribution in [-0.4, -0.2) is 11.5 Å². The van der Waals surface area contributed by atoms with Crippen LogP contribution in [0.3, 0.4) is 0 Å². The molecule has 3 nitrogen and oxygen atoms in total. The molecule has 0 aliphatic heterocycles. The summed E-state index contributed by atoms with van der Waals surface area (Å²) in [6.45, 7) is 4.83. The SMILES string of the molecule is CCCNC(c1ccc(F)cc1Cl)c1cc(C)cnc1N. The summed E-state index contributed by atoms with van der Waals surface area (Å²) in [6, 6.07) is 6.19. The van der Waals surface area contributed by atoms with Gasteiger partial charge in [-0.25, -0.2) is 9.37 Å². The predicted octanol–water partition coefficient (Wildman–Crippen LogP) is 3.85. The number of benzene rings is 1. The monoisotopic (exact) mass is 307 g/mol. The minimum atomic E-state index is -0.353. The lowest BCUT2D eigenvalue weighted by molar-refractivity contribution is 0.593. The van der Waals surface area contributed by atoms with E-state index in [9.17, 15) is 4.39 Å². The number of aromatic nitrogens is 1. The fraction of sp³-hybridized carbons (Fsp3) is 0.312. The zero-order chi connectivity index (χ0) is 15.4. The van der Waals surface area contributed by atoms with Crippen molar-refractivity contribution in [2.45, 2.75) is 26.3 Å². The first-order chi connectivity index (χ1) is 10.0. The summed E-state index contributed by atoms with van der Waals surface area (Å²) >= 11 is 6.20. The van der Waals surface area contributed by atoms with Gasteiger partial charge in [0.25, 0.3) is 0 Å². The van der Waals surface area contributed by atoms with Gasteiger partial charge in [-0.2, -0.15) is 0 Å². The first kappa shape index (κ1) is 15.7. The van der Waals surface area contributed by atoms with Gasteiger partial charge in [-0.05, 0) is 49.2 Å². The van der Waals surface area contributed by atoms with Crippen LogP contribution in [0.5, 0.6) is 0 Å². The highest BCUT2D eigenvalue weighted by atomic mass is 35.5. The molecule has 1 aromatic carbocycles. The van der Waals surface area contributed by atoms with Crippen molar-refractivity contribution >= 4 is 17.4 Å². The fourth-order valence-corrected chi connectivity index (χ4v) is 2.52. The molecule has 0 radical (unpaired) electrons. The lowest BCUT2D eigenvalue weighted by atomic mass is 9.97. The van der Waals surface area contributed by atoms with Crippen LogP contribution < -0.4 is 11.1 Å². The molecule has 0 bridgehead atoms. The standard InChI is InChI=1S/C16H19ClFN3/c1-3-6-20-15(12-5-4-11(18)8-14(12)17)13-7-10(2)9-21-16(13)19/h4-5,7-9,15,20H,3,6H2,1-2H3,(H2,19,21). The first-order valence-corrected chi connectivity index (χ1v) is 7.31. The third-order valence-electron chi connectivity index (χ3n) is 3.27. The van der Waals surface area contributed by atoms with Gasteiger partial charge >= 0.3 is 0 Å². The third kappa shape index (κ3) is 3.71. The lowest BCUT2D eigenvalue weighted by Crippen LogP contribution is -2.25. The van der Waals surface area contributed by atoms with Crippen LogP contribution in [0.25, 0.3) is 0 Å². The quantitative estimate of drug-likeness (QED) is 0.882. The maximum absolute atomic E-state index is 13.3. The van der Waals surface area contributed by atoms with Crippen LogP contribution >= 0.6 is 11.6 Å². The molecular formula is C16H19ClFN3. The Hall–Kier alpha value is -1.65. The van der Waals surface area contributed by atoms with E-state index in [0.29, 0.717) is 10.8 Å². The molecule has 0 saturated heterocycles. The molecule has 1 unspecified atom stereocenters. The highest BCUT2D eigenvalue weighted by Crippen LogP contribution is 2.31. The number of halogens is 2. The smallest absolute Gasteiger partial charge is 0.128 e. The van der Waals surface area contributed by atoms with E-state index in [1.54, 1.807) is 12.3 Å². The van der Waals surface area contributed by atoms with Gasteiger partial charge in [0, 0.05) is 16.8 Å². The van der Waals surface area contributed by atoms with E-state index in [2.05, 4.69) is 17.2 Å². The molecule has 2 rings (SSSR count). The Morgan fingerprint density at radius 3 is 2.76 bits per heavy atom. The minimum absolute atomic E-state index is 0.203. The number of hydrogen-bond donors (Lipinski definition) is 2. The average Bonchev–Trinajstić information content (AvgIpc) is 2.44. The minimum Gasteiger partial charge on any atom is -0.383 e. The van der Waals surface area contributed by atoms with Gasteiger partial charge in [0.05, 0.1) is 6.04 Å². The summed E-state index contributed by atoms with van der Waals surface area (Å²) in [7, 11) is 0. The molecule has 0 amide bonds. The Kier molecular flexibility index (Phi) is 5.15. The Balaban J connectivity index is 2.49.